The fraction of sp³-hybridized carbons (Fsp3) is 0.562. The molecule has 23 heavy (non-hydrogen) atoms. The van der Waals surface area contributed by atoms with E-state index < -0.39 is 0 Å². The van der Waals surface area contributed by atoms with Gasteiger partial charge in [-0.15, -0.1) is 0 Å². The Morgan fingerprint density at radius 1 is 1.48 bits per heavy atom. The van der Waals surface area contributed by atoms with E-state index in [0.29, 0.717) is 6.54 Å². The summed E-state index contributed by atoms with van der Waals surface area (Å²) in [6.07, 6.45) is 2.20. The first kappa shape index (κ1) is 18.5. The van der Waals surface area contributed by atoms with Crippen molar-refractivity contribution in [2.24, 2.45) is 4.99 Å². The lowest BCUT2D eigenvalue weighted by Crippen LogP contribution is -2.37. The molecule has 1 saturated heterocycles. The monoisotopic (exact) mass is 403 g/mol. The number of ether oxygens (including phenoxy) is 2. The lowest BCUT2D eigenvalue weighted by molar-refractivity contribution is 0.0420. The molecule has 0 bridgehead atoms. The number of nitrogens with zero attached hydrogens (tertiary/aromatic N) is 1. The summed E-state index contributed by atoms with van der Waals surface area (Å²) in [6, 6.07) is 5.85. The van der Waals surface area contributed by atoms with E-state index in [1.807, 2.05) is 18.2 Å². The summed E-state index contributed by atoms with van der Waals surface area (Å²) in [5.41, 5.74) is 1.03. The molecule has 0 amide bonds. The van der Waals surface area contributed by atoms with Gasteiger partial charge in [0.1, 0.15) is 0 Å². The van der Waals surface area contributed by atoms with Crippen LogP contribution >= 0.6 is 27.5 Å². The zero-order valence-electron chi connectivity index (χ0n) is 13.3. The molecular weight excluding hydrogens is 382 g/mol. The molecule has 0 spiro atoms. The summed E-state index contributed by atoms with van der Waals surface area (Å²) >= 11 is 9.61. The molecule has 128 valence electrons. The molecule has 1 aromatic rings. The SMILES string of the molecule is CN=C(NCCCOC1CCOC1)NCc1ccc(Br)cc1Cl. The normalized spacial score (nSPS) is 18.2. The smallest absolute Gasteiger partial charge is 0.191 e. The molecule has 1 aliphatic rings. The van der Waals surface area contributed by atoms with Crippen LogP contribution in [0, 0.1) is 0 Å². The highest BCUT2D eigenvalue weighted by atomic mass is 79.9. The van der Waals surface area contributed by atoms with E-state index in [1.54, 1.807) is 7.05 Å². The summed E-state index contributed by atoms with van der Waals surface area (Å²) < 4.78 is 12.0. The van der Waals surface area contributed by atoms with Gasteiger partial charge >= 0.3 is 0 Å². The Labute approximate surface area is 150 Å². The number of hydrogen-bond acceptors (Lipinski definition) is 3. The van der Waals surface area contributed by atoms with Crippen LogP contribution in [0.1, 0.15) is 18.4 Å². The molecule has 0 aromatic heterocycles. The van der Waals surface area contributed by atoms with Crippen LogP contribution in [0.3, 0.4) is 0 Å². The average Bonchev–Trinajstić information content (AvgIpc) is 3.05. The van der Waals surface area contributed by atoms with Gasteiger partial charge in [0.2, 0.25) is 0 Å². The number of benzene rings is 1. The zero-order valence-corrected chi connectivity index (χ0v) is 15.6. The fourth-order valence-electron chi connectivity index (χ4n) is 2.24. The van der Waals surface area contributed by atoms with Crippen LogP contribution in [0.25, 0.3) is 0 Å². The second kappa shape index (κ2) is 10.1. The van der Waals surface area contributed by atoms with Gasteiger partial charge in [-0.25, -0.2) is 0 Å². The van der Waals surface area contributed by atoms with Crippen molar-refractivity contribution < 1.29 is 9.47 Å². The molecule has 1 unspecified atom stereocenters. The number of guanidine groups is 1. The van der Waals surface area contributed by atoms with Gasteiger partial charge in [-0.2, -0.15) is 0 Å². The van der Waals surface area contributed by atoms with E-state index in [2.05, 4.69) is 31.6 Å². The minimum absolute atomic E-state index is 0.270. The average molecular weight is 405 g/mol. The van der Waals surface area contributed by atoms with E-state index in [-0.39, 0.29) is 6.10 Å². The molecule has 0 saturated carbocycles. The summed E-state index contributed by atoms with van der Waals surface area (Å²) in [6.45, 7) is 3.71. The first-order valence-corrected chi connectivity index (χ1v) is 8.94. The Balaban J connectivity index is 1.63. The minimum Gasteiger partial charge on any atom is -0.379 e. The van der Waals surface area contributed by atoms with Crippen molar-refractivity contribution in [1.82, 2.24) is 10.6 Å². The molecule has 7 heteroatoms. The maximum atomic E-state index is 6.21. The first-order chi connectivity index (χ1) is 11.2. The van der Waals surface area contributed by atoms with Crippen molar-refractivity contribution in [1.29, 1.82) is 0 Å². The molecule has 0 aliphatic carbocycles. The maximum Gasteiger partial charge on any atom is 0.191 e. The number of halogens is 2. The molecule has 1 heterocycles. The van der Waals surface area contributed by atoms with Crippen LogP contribution in [0.15, 0.2) is 27.7 Å². The van der Waals surface area contributed by atoms with Crippen molar-refractivity contribution in [3.63, 3.8) is 0 Å². The van der Waals surface area contributed by atoms with Gasteiger partial charge in [-0.3, -0.25) is 4.99 Å². The third-order valence-corrected chi connectivity index (χ3v) is 4.39. The summed E-state index contributed by atoms with van der Waals surface area (Å²) in [5, 5.41) is 7.26. The molecular formula is C16H23BrClN3O2. The Hall–Kier alpha value is -0.820. The van der Waals surface area contributed by atoms with Crippen molar-refractivity contribution in [2.45, 2.75) is 25.5 Å². The zero-order chi connectivity index (χ0) is 16.5. The van der Waals surface area contributed by atoms with E-state index in [4.69, 9.17) is 21.1 Å². The first-order valence-electron chi connectivity index (χ1n) is 7.77. The number of aliphatic imine (C=N–C) groups is 1. The number of nitrogens with one attached hydrogen (secondary N) is 2. The largest absolute Gasteiger partial charge is 0.379 e. The Morgan fingerprint density at radius 3 is 3.04 bits per heavy atom. The summed E-state index contributed by atoms with van der Waals surface area (Å²) in [4.78, 5) is 4.21. The highest BCUT2D eigenvalue weighted by Gasteiger charge is 2.15. The topological polar surface area (TPSA) is 54.9 Å². The molecule has 1 atom stereocenters. The Bertz CT molecular complexity index is 522. The van der Waals surface area contributed by atoms with Gasteiger partial charge in [-0.05, 0) is 30.5 Å². The van der Waals surface area contributed by atoms with Crippen molar-refractivity contribution >= 4 is 33.5 Å². The number of hydrogen-bond donors (Lipinski definition) is 2. The second-order valence-electron chi connectivity index (χ2n) is 5.30. The van der Waals surface area contributed by atoms with Crippen LogP contribution < -0.4 is 10.6 Å². The minimum atomic E-state index is 0.270. The van der Waals surface area contributed by atoms with Crippen molar-refractivity contribution in [2.75, 3.05) is 33.4 Å². The summed E-state index contributed by atoms with van der Waals surface area (Å²) in [7, 11) is 1.75. The standard InChI is InChI=1S/C16H23BrClN3O2/c1-19-16(20-6-2-7-23-14-5-8-22-11-14)21-10-12-3-4-13(17)9-15(12)18/h3-4,9,14H,2,5-8,10-11H2,1H3,(H2,19,20,21). The molecule has 5 nitrogen and oxygen atoms in total. The number of rotatable bonds is 7. The van der Waals surface area contributed by atoms with Crippen molar-refractivity contribution in [3.05, 3.63) is 33.3 Å². The van der Waals surface area contributed by atoms with Gasteiger partial charge < -0.3 is 20.1 Å². The molecule has 2 N–H and O–H groups in total. The maximum absolute atomic E-state index is 6.21. The van der Waals surface area contributed by atoms with Crippen LogP contribution in [0.5, 0.6) is 0 Å². The highest BCUT2D eigenvalue weighted by molar-refractivity contribution is 9.10. The van der Waals surface area contributed by atoms with E-state index in [1.165, 1.54) is 0 Å². The van der Waals surface area contributed by atoms with Crippen molar-refractivity contribution in [3.8, 4) is 0 Å². The van der Waals surface area contributed by atoms with Crippen LogP contribution in [-0.4, -0.2) is 45.5 Å². The molecule has 0 radical (unpaired) electrons. The Morgan fingerprint density at radius 2 is 2.35 bits per heavy atom. The Kier molecular flexibility index (Phi) is 8.16. The van der Waals surface area contributed by atoms with Crippen LogP contribution in [-0.2, 0) is 16.0 Å². The van der Waals surface area contributed by atoms with Gasteiger partial charge in [0, 0.05) is 42.8 Å². The van der Waals surface area contributed by atoms with E-state index in [9.17, 15) is 0 Å². The quantitative estimate of drug-likeness (QED) is 0.417. The molecule has 1 fully saturated rings. The predicted octanol–water partition coefficient (Wildman–Crippen LogP) is 2.96. The van der Waals surface area contributed by atoms with Gasteiger partial charge in [0.15, 0.2) is 5.96 Å². The fourth-order valence-corrected chi connectivity index (χ4v) is 2.98. The third kappa shape index (κ3) is 6.67. The predicted molar refractivity (Wildman–Crippen MR) is 97.1 cm³/mol. The van der Waals surface area contributed by atoms with E-state index in [0.717, 1.165) is 60.2 Å². The lowest BCUT2D eigenvalue weighted by atomic mass is 10.2. The third-order valence-electron chi connectivity index (χ3n) is 3.54. The lowest BCUT2D eigenvalue weighted by Gasteiger charge is -2.14. The van der Waals surface area contributed by atoms with Crippen LogP contribution in [0.4, 0.5) is 0 Å². The summed E-state index contributed by atoms with van der Waals surface area (Å²) in [5.74, 6) is 0.758. The molecule has 1 aromatic carbocycles. The van der Waals surface area contributed by atoms with Gasteiger partial charge in [-0.1, -0.05) is 33.6 Å². The molecule has 2 rings (SSSR count). The second-order valence-corrected chi connectivity index (χ2v) is 6.62. The van der Waals surface area contributed by atoms with Gasteiger partial charge in [0.05, 0.1) is 12.7 Å². The van der Waals surface area contributed by atoms with Crippen LogP contribution in [0.2, 0.25) is 5.02 Å². The van der Waals surface area contributed by atoms with E-state index >= 15 is 0 Å². The van der Waals surface area contributed by atoms with Gasteiger partial charge in [0.25, 0.3) is 0 Å². The molecule has 1 aliphatic heterocycles. The highest BCUT2D eigenvalue weighted by Crippen LogP contribution is 2.21.